The van der Waals surface area contributed by atoms with E-state index in [0.29, 0.717) is 7.61 Å². The zero-order chi connectivity index (χ0) is 6.41. The molecule has 0 radical (unpaired) electrons. The molecule has 0 nitrogen and oxygen atoms in total. The van der Waals surface area contributed by atoms with Gasteiger partial charge in [0.2, 0.25) is 0 Å². The zero-order valence-corrected chi connectivity index (χ0v) is 11.1. The minimum absolute atomic E-state index is 0.430. The van der Waals surface area contributed by atoms with Crippen LogP contribution in [-0.4, -0.2) is 13.3 Å². The first kappa shape index (κ1) is 10.6. The Morgan fingerprint density at radius 3 is 2.25 bits per heavy atom. The second-order valence-corrected chi connectivity index (χ2v) is 19.0. The van der Waals surface area contributed by atoms with E-state index < -0.39 is 0 Å². The van der Waals surface area contributed by atoms with Crippen LogP contribution in [0.5, 0.6) is 0 Å². The van der Waals surface area contributed by atoms with Gasteiger partial charge < -0.3 is 0 Å². The van der Waals surface area contributed by atoms with Gasteiger partial charge in [-0.2, -0.15) is 0 Å². The molecule has 0 spiro atoms. The lowest BCUT2D eigenvalue weighted by Gasteiger charge is -2.02. The van der Waals surface area contributed by atoms with Crippen molar-refractivity contribution >= 4 is 48.4 Å². The summed E-state index contributed by atoms with van der Waals surface area (Å²) in [5, 5.41) is 0. The molecule has 0 heterocycles. The molecule has 50 valence electrons. The van der Waals surface area contributed by atoms with Crippen LogP contribution in [0.1, 0.15) is 0 Å². The second-order valence-electron chi connectivity index (χ2n) is 1.40. The summed E-state index contributed by atoms with van der Waals surface area (Å²) in [5.41, 5.74) is 0. The highest BCUT2D eigenvalue weighted by molar-refractivity contribution is 8.75. The maximum atomic E-state index is 2.82. The molecule has 5 atom stereocenters. The monoisotopic (exact) mass is 222 g/mol. The lowest BCUT2D eigenvalue weighted by atomic mass is 11.9. The Kier molecular flexibility index (Phi) is 10.2. The van der Waals surface area contributed by atoms with Crippen LogP contribution in [0.25, 0.3) is 0 Å². The standard InChI is InChI=1S/C2H12P6/c1-8(2)7-6-5-4-3/h4-7H,3H2,1-2H3. The van der Waals surface area contributed by atoms with E-state index in [4.69, 9.17) is 0 Å². The third-order valence-electron chi connectivity index (χ3n) is 0.414. The van der Waals surface area contributed by atoms with Crippen molar-refractivity contribution < 1.29 is 0 Å². The van der Waals surface area contributed by atoms with E-state index in [2.05, 4.69) is 22.3 Å². The van der Waals surface area contributed by atoms with Gasteiger partial charge in [-0.3, -0.25) is 0 Å². The lowest BCUT2D eigenvalue weighted by Crippen LogP contribution is -1.40. The van der Waals surface area contributed by atoms with Gasteiger partial charge in [-0.25, -0.2) is 0 Å². The van der Waals surface area contributed by atoms with Crippen molar-refractivity contribution in [1.29, 1.82) is 0 Å². The molecule has 0 aliphatic rings. The summed E-state index contributed by atoms with van der Waals surface area (Å²) >= 11 is 0. The summed E-state index contributed by atoms with van der Waals surface area (Å²) in [5.74, 6) is 0. The molecule has 0 aliphatic carbocycles. The smallest absolute Gasteiger partial charge is 0.0407 e. The molecule has 0 saturated heterocycles. The third kappa shape index (κ3) is 8.58. The van der Waals surface area contributed by atoms with E-state index in [1.807, 2.05) is 0 Å². The highest BCUT2D eigenvalue weighted by Gasteiger charge is 1.88. The second kappa shape index (κ2) is 7.68. The van der Waals surface area contributed by atoms with Crippen molar-refractivity contribution in [2.75, 3.05) is 13.3 Å². The average molecular weight is 222 g/mol. The first-order chi connectivity index (χ1) is 3.77. The average Bonchev–Trinajstić information content (AvgIpc) is 1.66. The van der Waals surface area contributed by atoms with Crippen molar-refractivity contribution in [3.05, 3.63) is 0 Å². The highest BCUT2D eigenvalue weighted by Crippen LogP contribution is 2.73. The fourth-order valence-electron chi connectivity index (χ4n) is 0.176. The van der Waals surface area contributed by atoms with Gasteiger partial charge in [0.15, 0.2) is 0 Å². The van der Waals surface area contributed by atoms with Crippen LogP contribution >= 0.6 is 48.4 Å². The largest absolute Gasteiger partial charge is 0.110 e. The molecule has 0 aromatic rings. The molecule has 0 fully saturated rings. The van der Waals surface area contributed by atoms with Crippen LogP contribution in [0.15, 0.2) is 0 Å². The summed E-state index contributed by atoms with van der Waals surface area (Å²) in [6, 6.07) is 0. The Bertz CT molecular complexity index is 43.8. The van der Waals surface area contributed by atoms with Gasteiger partial charge in [0.25, 0.3) is 0 Å². The SMILES string of the molecule is CP(C)PPPPP. The molecule has 6 heteroatoms. The van der Waals surface area contributed by atoms with Crippen LogP contribution in [0.4, 0.5) is 0 Å². The number of hydrogen-bond acceptors (Lipinski definition) is 0. The third-order valence-corrected chi connectivity index (χ3v) is 21.5. The topological polar surface area (TPSA) is 0 Å². The predicted octanol–water partition coefficient (Wildman–Crippen LogP) is 3.89. The minimum atomic E-state index is 0.430. The molecule has 0 bridgehead atoms. The van der Waals surface area contributed by atoms with Crippen LogP contribution in [0.2, 0.25) is 0 Å². The Hall–Kier alpha value is 2.58. The normalized spacial score (nSPS) is 16.5. The quantitative estimate of drug-likeness (QED) is 0.499. The van der Waals surface area contributed by atoms with Crippen molar-refractivity contribution in [3.63, 3.8) is 0 Å². The van der Waals surface area contributed by atoms with Crippen LogP contribution < -0.4 is 0 Å². The van der Waals surface area contributed by atoms with E-state index in [1.165, 1.54) is 23.9 Å². The van der Waals surface area contributed by atoms with Crippen molar-refractivity contribution in [2.45, 2.75) is 0 Å². The van der Waals surface area contributed by atoms with Gasteiger partial charge >= 0.3 is 0 Å². The molecule has 0 N–H and O–H groups in total. The Morgan fingerprint density at radius 2 is 1.88 bits per heavy atom. The summed E-state index contributed by atoms with van der Waals surface area (Å²) in [4.78, 5) is 0. The summed E-state index contributed by atoms with van der Waals surface area (Å²) in [7, 11) is 8.22. The summed E-state index contributed by atoms with van der Waals surface area (Å²) in [6.45, 7) is 4.74. The van der Waals surface area contributed by atoms with Gasteiger partial charge in [-0.1, -0.05) is 39.4 Å². The molecule has 0 aliphatic heterocycles. The summed E-state index contributed by atoms with van der Waals surface area (Å²) < 4.78 is 0. The number of hydrogen-bond donors (Lipinski definition) is 0. The van der Waals surface area contributed by atoms with Gasteiger partial charge in [-0.05, 0) is 13.3 Å². The zero-order valence-electron chi connectivity index (χ0n) is 5.02. The molecule has 0 rings (SSSR count). The lowest BCUT2D eigenvalue weighted by molar-refractivity contribution is 2.30. The van der Waals surface area contributed by atoms with Crippen molar-refractivity contribution in [3.8, 4) is 0 Å². The molecule has 8 heavy (non-hydrogen) atoms. The fourth-order valence-corrected chi connectivity index (χ4v) is 24.6. The van der Waals surface area contributed by atoms with E-state index >= 15 is 0 Å². The predicted molar refractivity (Wildman–Crippen MR) is 61.7 cm³/mol. The van der Waals surface area contributed by atoms with E-state index in [0.717, 1.165) is 7.96 Å². The van der Waals surface area contributed by atoms with Crippen molar-refractivity contribution in [2.24, 2.45) is 0 Å². The van der Waals surface area contributed by atoms with Gasteiger partial charge in [0.1, 0.15) is 0 Å². The maximum absolute atomic E-state index is 2.82. The Labute approximate surface area is 62.1 Å². The van der Waals surface area contributed by atoms with Crippen molar-refractivity contribution in [1.82, 2.24) is 0 Å². The maximum Gasteiger partial charge on any atom is -0.0407 e. The van der Waals surface area contributed by atoms with E-state index in [9.17, 15) is 0 Å². The highest BCUT2D eigenvalue weighted by atomic mass is 32.8. The van der Waals surface area contributed by atoms with Crippen LogP contribution in [0.3, 0.4) is 0 Å². The van der Waals surface area contributed by atoms with Gasteiger partial charge in [0.05, 0.1) is 0 Å². The Balaban J connectivity index is 2.72. The minimum Gasteiger partial charge on any atom is -0.110 e. The number of rotatable bonds is 4. The van der Waals surface area contributed by atoms with E-state index in [-0.39, 0.29) is 0 Å². The van der Waals surface area contributed by atoms with Gasteiger partial charge in [0, 0.05) is 0 Å². The fraction of sp³-hybridized carbons (Fsp3) is 1.00. The molecule has 0 amide bonds. The van der Waals surface area contributed by atoms with Gasteiger partial charge in [-0.15, -0.1) is 8.93 Å². The first-order valence-corrected chi connectivity index (χ1v) is 14.0. The first-order valence-electron chi connectivity index (χ1n) is 2.16. The molecule has 0 aromatic heterocycles. The van der Waals surface area contributed by atoms with Crippen LogP contribution in [-0.2, 0) is 0 Å². The molecule has 0 saturated carbocycles. The molecular formula is C2H12P6. The molecular weight excluding hydrogens is 210 g/mol. The van der Waals surface area contributed by atoms with E-state index in [1.54, 1.807) is 0 Å². The molecule has 5 unspecified atom stereocenters. The Morgan fingerprint density at radius 1 is 1.25 bits per heavy atom. The summed E-state index contributed by atoms with van der Waals surface area (Å²) in [6.07, 6.45) is 0. The molecule has 0 aromatic carbocycles. The van der Waals surface area contributed by atoms with Crippen LogP contribution in [0, 0.1) is 0 Å².